The highest BCUT2D eigenvalue weighted by Gasteiger charge is 2.40. The van der Waals surface area contributed by atoms with Crippen LogP contribution >= 0.6 is 21.6 Å². The molecule has 17 N–H and O–H groups in total. The van der Waals surface area contributed by atoms with E-state index in [-0.39, 0.29) is 50.4 Å². The summed E-state index contributed by atoms with van der Waals surface area (Å²) in [6.07, 6.45) is 2.64. The van der Waals surface area contributed by atoms with Crippen LogP contribution in [0.4, 0.5) is 0 Å². The SMILES string of the molecule is CC[C@H](C)[C@@H]1NC(=O)[C@H](Cc2ccccc2)NC(=O)CC2(CCCCC2)SSC[C@H](C(=O)N(C)CC(=O)N[C@@H](CCCN=C(N)N)C(=O)NCC(N)=O)NC(=O)[C@H](CC(N)=O)NC(=O)[C@H](CCC(N)=O)NC1=O. The summed E-state index contributed by atoms with van der Waals surface area (Å²) in [5.74, 6) is -10.1. The van der Waals surface area contributed by atoms with Crippen molar-refractivity contribution in [1.82, 2.24) is 42.1 Å². The number of amides is 11. The molecule has 1 aromatic carbocycles. The number of hydrogen-bond acceptors (Lipinski definition) is 14. The van der Waals surface area contributed by atoms with Crippen molar-refractivity contribution in [3.8, 4) is 0 Å². The van der Waals surface area contributed by atoms with Crippen molar-refractivity contribution >= 4 is 92.5 Å². The highest BCUT2D eigenvalue weighted by atomic mass is 33.1. The maximum Gasteiger partial charge on any atom is 0.246 e. The molecule has 0 unspecified atom stereocenters. The van der Waals surface area contributed by atoms with E-state index in [2.05, 4.69) is 42.2 Å². The van der Waals surface area contributed by atoms with Gasteiger partial charge < -0.3 is 70.8 Å². The van der Waals surface area contributed by atoms with E-state index in [1.165, 1.54) is 17.8 Å². The first-order valence-electron chi connectivity index (χ1n) is 24.1. The van der Waals surface area contributed by atoms with Crippen molar-refractivity contribution in [3.05, 3.63) is 35.9 Å². The summed E-state index contributed by atoms with van der Waals surface area (Å²) < 4.78 is -0.710. The molecular weight excluding hydrogens is 989 g/mol. The Balaban J connectivity index is 2.08. The molecule has 1 aliphatic carbocycles. The summed E-state index contributed by atoms with van der Waals surface area (Å²) in [5, 5.41) is 18.1. The number of nitrogens with two attached hydrogens (primary N) is 5. The van der Waals surface area contributed by atoms with Gasteiger partial charge in [0.1, 0.15) is 36.3 Å². The van der Waals surface area contributed by atoms with Gasteiger partial charge in [-0.2, -0.15) is 0 Å². The summed E-state index contributed by atoms with van der Waals surface area (Å²) in [5.41, 5.74) is 27.7. The van der Waals surface area contributed by atoms with Gasteiger partial charge in [0.15, 0.2) is 5.96 Å². The molecule has 7 atom stereocenters. The number of guanidine groups is 1. The summed E-state index contributed by atoms with van der Waals surface area (Å²) in [6, 6.07) is 0.533. The third-order valence-corrected chi connectivity index (χ3v) is 15.5. The van der Waals surface area contributed by atoms with Crippen molar-refractivity contribution in [1.29, 1.82) is 0 Å². The van der Waals surface area contributed by atoms with Crippen LogP contribution in [0.1, 0.15) is 96.5 Å². The first-order chi connectivity index (χ1) is 34.5. The molecule has 3 rings (SSSR count). The molecule has 0 bridgehead atoms. The van der Waals surface area contributed by atoms with E-state index in [1.807, 2.05) is 0 Å². The molecular formula is C46H72N14O11S2. The fourth-order valence-corrected chi connectivity index (χ4v) is 11.4. The summed E-state index contributed by atoms with van der Waals surface area (Å²) in [6.45, 7) is 2.41. The molecule has 1 spiro atoms. The maximum atomic E-state index is 14.4. The second kappa shape index (κ2) is 30.4. The van der Waals surface area contributed by atoms with E-state index >= 15 is 0 Å². The van der Waals surface area contributed by atoms with Gasteiger partial charge in [-0.1, -0.05) is 91.5 Å². The van der Waals surface area contributed by atoms with E-state index < -0.39 is 138 Å². The van der Waals surface area contributed by atoms with E-state index in [4.69, 9.17) is 28.7 Å². The number of nitrogens with one attached hydrogen (secondary N) is 7. The molecule has 2 aliphatic rings. The van der Waals surface area contributed by atoms with E-state index in [9.17, 15) is 52.7 Å². The van der Waals surface area contributed by atoms with E-state index in [1.54, 1.807) is 44.2 Å². The van der Waals surface area contributed by atoms with Crippen molar-refractivity contribution in [3.63, 3.8) is 0 Å². The highest BCUT2D eigenvalue weighted by molar-refractivity contribution is 8.77. The molecule has 25 nitrogen and oxygen atoms in total. The van der Waals surface area contributed by atoms with Gasteiger partial charge in [0, 0.05) is 43.4 Å². The molecule has 1 saturated heterocycles. The Morgan fingerprint density at radius 1 is 0.808 bits per heavy atom. The zero-order chi connectivity index (χ0) is 54.3. The van der Waals surface area contributed by atoms with Gasteiger partial charge in [-0.05, 0) is 43.6 Å². The van der Waals surface area contributed by atoms with Crippen LogP contribution in [-0.2, 0) is 59.2 Å². The van der Waals surface area contributed by atoms with Gasteiger partial charge >= 0.3 is 0 Å². The summed E-state index contributed by atoms with van der Waals surface area (Å²) in [4.78, 5) is 153. The van der Waals surface area contributed by atoms with Crippen LogP contribution in [0, 0.1) is 5.92 Å². The van der Waals surface area contributed by atoms with Gasteiger partial charge in [0.05, 0.1) is 19.5 Å². The standard InChI is InChI=1S/C46H72N14O11S2/c1-4-26(2)38-43(70)56-29(15-16-33(47)61)40(67)57-31(21-34(48)62)41(68)58-32(44(71)60(3)24-37(65)54-28(14-11-19-52-45(50)51)39(66)53-23-35(49)63)25-72-73-46(17-9-6-10-18-46)22-36(64)55-30(42(69)59-38)20-27-12-7-5-8-13-27/h5,7-8,12-13,26,28-32,38H,4,6,9-11,14-25H2,1-3H3,(H2,47,61)(H2,48,62)(H2,49,63)(H,53,66)(H,54,65)(H,55,64)(H,56,70)(H,57,67)(H,58,68)(H,59,69)(H4,50,51,52)/t26-,28-,29-,30-,31-,32+,38-/m0/s1. The third-order valence-electron chi connectivity index (χ3n) is 12.2. The molecule has 73 heavy (non-hydrogen) atoms. The normalized spacial score (nSPS) is 22.0. The lowest BCUT2D eigenvalue weighted by Crippen LogP contribution is -2.61. The van der Waals surface area contributed by atoms with Gasteiger partial charge in [-0.3, -0.25) is 57.7 Å². The Morgan fingerprint density at radius 2 is 1.45 bits per heavy atom. The zero-order valence-electron chi connectivity index (χ0n) is 41.5. The van der Waals surface area contributed by atoms with Crippen molar-refractivity contribution in [2.24, 2.45) is 39.6 Å². The van der Waals surface area contributed by atoms with Crippen LogP contribution in [0.25, 0.3) is 0 Å². The lowest BCUT2D eigenvalue weighted by Gasteiger charge is -2.36. The number of nitrogens with zero attached hydrogens (tertiary/aromatic N) is 2. The fourth-order valence-electron chi connectivity index (χ4n) is 8.08. The van der Waals surface area contributed by atoms with Crippen LogP contribution < -0.4 is 65.9 Å². The van der Waals surface area contributed by atoms with Gasteiger partial charge in [0.2, 0.25) is 65.0 Å². The Labute approximate surface area is 432 Å². The minimum Gasteiger partial charge on any atom is -0.370 e. The first kappa shape index (κ1) is 60.7. The van der Waals surface area contributed by atoms with Crippen molar-refractivity contribution < 1.29 is 52.7 Å². The van der Waals surface area contributed by atoms with Crippen LogP contribution in [0.15, 0.2) is 35.3 Å². The number of carbonyl (C=O) groups is 11. The van der Waals surface area contributed by atoms with Crippen LogP contribution in [0.5, 0.6) is 0 Å². The van der Waals surface area contributed by atoms with Gasteiger partial charge in [-0.25, -0.2) is 0 Å². The predicted molar refractivity (Wildman–Crippen MR) is 274 cm³/mol. The molecule has 1 heterocycles. The Morgan fingerprint density at radius 3 is 2.07 bits per heavy atom. The number of rotatable bonds is 20. The van der Waals surface area contributed by atoms with Crippen molar-refractivity contribution in [2.45, 2.75) is 138 Å². The van der Waals surface area contributed by atoms with E-state index in [0.29, 0.717) is 19.3 Å². The van der Waals surface area contributed by atoms with E-state index in [0.717, 1.165) is 40.5 Å². The number of likely N-dealkylation sites (N-methyl/N-ethyl adjacent to an activating group) is 1. The molecule has 1 aliphatic heterocycles. The largest absolute Gasteiger partial charge is 0.370 e. The predicted octanol–water partition coefficient (Wildman–Crippen LogP) is -3.07. The van der Waals surface area contributed by atoms with Gasteiger partial charge in [-0.15, -0.1) is 0 Å². The number of primary amides is 3. The highest BCUT2D eigenvalue weighted by Crippen LogP contribution is 2.48. The molecule has 1 saturated carbocycles. The minimum atomic E-state index is -1.75. The summed E-state index contributed by atoms with van der Waals surface area (Å²) in [7, 11) is 3.75. The number of aliphatic imine (C=N–C) groups is 1. The zero-order valence-corrected chi connectivity index (χ0v) is 43.2. The Hall–Kier alpha value is -6.64. The molecule has 11 amide bonds. The number of benzene rings is 1. The second-order valence-corrected chi connectivity index (χ2v) is 21.1. The average Bonchev–Trinajstić information content (AvgIpc) is 3.33. The average molecular weight is 1060 g/mol. The maximum absolute atomic E-state index is 14.4. The number of carbonyl (C=O) groups excluding carboxylic acids is 11. The Kier molecular flexibility index (Phi) is 25.3. The lowest BCUT2D eigenvalue weighted by molar-refractivity contribution is -0.139. The molecule has 0 aromatic heterocycles. The third kappa shape index (κ3) is 21.5. The van der Waals surface area contributed by atoms with Crippen LogP contribution in [-0.4, -0.2) is 149 Å². The molecule has 0 radical (unpaired) electrons. The topological polar surface area (TPSA) is 418 Å². The smallest absolute Gasteiger partial charge is 0.246 e. The minimum absolute atomic E-state index is 0.0104. The number of hydrogen-bond donors (Lipinski definition) is 12. The molecule has 404 valence electrons. The fraction of sp³-hybridized carbons (Fsp3) is 0.609. The Bertz CT molecular complexity index is 2160. The molecule has 27 heteroatoms. The monoisotopic (exact) mass is 1060 g/mol. The van der Waals surface area contributed by atoms with Gasteiger partial charge in [0.25, 0.3) is 0 Å². The van der Waals surface area contributed by atoms with Crippen LogP contribution in [0.3, 0.4) is 0 Å². The van der Waals surface area contributed by atoms with Crippen molar-refractivity contribution in [2.75, 3.05) is 32.4 Å². The van der Waals surface area contributed by atoms with Crippen LogP contribution in [0.2, 0.25) is 0 Å². The first-order valence-corrected chi connectivity index (χ1v) is 26.4. The molecule has 2 fully saturated rings. The summed E-state index contributed by atoms with van der Waals surface area (Å²) >= 11 is 0. The second-order valence-electron chi connectivity index (χ2n) is 18.3. The lowest BCUT2D eigenvalue weighted by atomic mass is 9.85. The molecule has 1 aromatic rings. The quantitative estimate of drug-likeness (QED) is 0.0267.